The summed E-state index contributed by atoms with van der Waals surface area (Å²) in [6, 6.07) is 7.59. The SMILES string of the molecule is Cc1ccc(C(=O)NC2(c3cncnc3)CC2)cc1. The summed E-state index contributed by atoms with van der Waals surface area (Å²) in [5.74, 6) is -0.0404. The van der Waals surface area contributed by atoms with Gasteiger partial charge in [-0.3, -0.25) is 4.79 Å². The van der Waals surface area contributed by atoms with E-state index in [1.807, 2.05) is 31.2 Å². The van der Waals surface area contributed by atoms with Crippen LogP contribution < -0.4 is 5.32 Å². The predicted molar refractivity (Wildman–Crippen MR) is 71.6 cm³/mol. The highest BCUT2D eigenvalue weighted by Gasteiger charge is 2.46. The molecule has 1 fully saturated rings. The van der Waals surface area contributed by atoms with Crippen LogP contribution in [-0.2, 0) is 5.54 Å². The first-order valence-electron chi connectivity index (χ1n) is 6.34. The quantitative estimate of drug-likeness (QED) is 0.912. The number of nitrogens with one attached hydrogen (secondary N) is 1. The summed E-state index contributed by atoms with van der Waals surface area (Å²) in [7, 11) is 0. The fourth-order valence-corrected chi connectivity index (χ4v) is 2.15. The van der Waals surface area contributed by atoms with Crippen LogP contribution in [0.25, 0.3) is 0 Å². The van der Waals surface area contributed by atoms with Crippen LogP contribution in [0.2, 0.25) is 0 Å². The second-order valence-electron chi connectivity index (χ2n) is 5.03. The fourth-order valence-electron chi connectivity index (χ4n) is 2.15. The number of hydrogen-bond donors (Lipinski definition) is 1. The average Bonchev–Trinajstić information content (AvgIpc) is 3.21. The number of aryl methyl sites for hydroxylation is 1. The molecule has 19 heavy (non-hydrogen) atoms. The molecule has 0 unspecified atom stereocenters. The van der Waals surface area contributed by atoms with Crippen LogP contribution in [0.15, 0.2) is 43.0 Å². The van der Waals surface area contributed by atoms with Crippen LogP contribution in [-0.4, -0.2) is 15.9 Å². The van der Waals surface area contributed by atoms with Gasteiger partial charge in [0.1, 0.15) is 6.33 Å². The molecule has 4 heteroatoms. The van der Waals surface area contributed by atoms with E-state index in [0.717, 1.165) is 24.0 Å². The highest BCUT2D eigenvalue weighted by Crippen LogP contribution is 2.45. The molecule has 1 amide bonds. The normalized spacial score (nSPS) is 15.8. The molecule has 1 aliphatic rings. The first-order valence-corrected chi connectivity index (χ1v) is 6.34. The van der Waals surface area contributed by atoms with Crippen molar-refractivity contribution in [1.82, 2.24) is 15.3 Å². The van der Waals surface area contributed by atoms with E-state index in [1.165, 1.54) is 6.33 Å². The number of hydrogen-bond acceptors (Lipinski definition) is 3. The molecule has 1 aromatic carbocycles. The second-order valence-corrected chi connectivity index (χ2v) is 5.03. The van der Waals surface area contributed by atoms with Crippen LogP contribution in [0.3, 0.4) is 0 Å². The summed E-state index contributed by atoms with van der Waals surface area (Å²) in [5, 5.41) is 3.10. The van der Waals surface area contributed by atoms with Gasteiger partial charge in [-0.05, 0) is 31.9 Å². The van der Waals surface area contributed by atoms with Crippen molar-refractivity contribution in [3.05, 3.63) is 59.7 Å². The zero-order chi connectivity index (χ0) is 13.3. The van der Waals surface area contributed by atoms with Gasteiger partial charge < -0.3 is 5.32 Å². The van der Waals surface area contributed by atoms with E-state index >= 15 is 0 Å². The molecule has 0 radical (unpaired) electrons. The van der Waals surface area contributed by atoms with Crippen molar-refractivity contribution in [1.29, 1.82) is 0 Å². The topological polar surface area (TPSA) is 54.9 Å². The Kier molecular flexibility index (Phi) is 2.78. The number of carbonyl (C=O) groups excluding carboxylic acids is 1. The molecule has 3 rings (SSSR count). The molecule has 0 aliphatic heterocycles. The summed E-state index contributed by atoms with van der Waals surface area (Å²) >= 11 is 0. The molecule has 96 valence electrons. The van der Waals surface area contributed by atoms with Crippen molar-refractivity contribution in [2.75, 3.05) is 0 Å². The summed E-state index contributed by atoms with van der Waals surface area (Å²) in [4.78, 5) is 20.3. The summed E-state index contributed by atoms with van der Waals surface area (Å²) in [6.45, 7) is 2.01. The Morgan fingerprint density at radius 2 is 1.79 bits per heavy atom. The molecular formula is C15H15N3O. The third-order valence-corrected chi connectivity index (χ3v) is 3.53. The number of aromatic nitrogens is 2. The fraction of sp³-hybridized carbons (Fsp3) is 0.267. The van der Waals surface area contributed by atoms with E-state index < -0.39 is 0 Å². The lowest BCUT2D eigenvalue weighted by Crippen LogP contribution is -2.35. The maximum Gasteiger partial charge on any atom is 0.251 e. The molecule has 1 N–H and O–H groups in total. The van der Waals surface area contributed by atoms with Gasteiger partial charge in [-0.1, -0.05) is 17.7 Å². The molecule has 0 spiro atoms. The van der Waals surface area contributed by atoms with E-state index in [0.29, 0.717) is 5.56 Å². The molecule has 1 aliphatic carbocycles. The van der Waals surface area contributed by atoms with E-state index in [4.69, 9.17) is 0 Å². The van der Waals surface area contributed by atoms with Gasteiger partial charge in [0.25, 0.3) is 5.91 Å². The minimum atomic E-state index is -0.261. The van der Waals surface area contributed by atoms with Crippen molar-refractivity contribution >= 4 is 5.91 Å². The van der Waals surface area contributed by atoms with Gasteiger partial charge in [0.05, 0.1) is 5.54 Å². The van der Waals surface area contributed by atoms with Gasteiger partial charge in [0.2, 0.25) is 0 Å². The zero-order valence-electron chi connectivity index (χ0n) is 10.8. The Labute approximate surface area is 111 Å². The molecule has 0 atom stereocenters. The lowest BCUT2D eigenvalue weighted by molar-refractivity contribution is 0.0930. The van der Waals surface area contributed by atoms with Gasteiger partial charge >= 0.3 is 0 Å². The Balaban J connectivity index is 1.78. The van der Waals surface area contributed by atoms with Gasteiger partial charge in [0.15, 0.2) is 0 Å². The molecule has 4 nitrogen and oxygen atoms in total. The van der Waals surface area contributed by atoms with Crippen LogP contribution in [0.5, 0.6) is 0 Å². The van der Waals surface area contributed by atoms with E-state index in [-0.39, 0.29) is 11.4 Å². The number of benzene rings is 1. The summed E-state index contributed by atoms with van der Waals surface area (Å²) in [5.41, 5.74) is 2.56. The lowest BCUT2D eigenvalue weighted by Gasteiger charge is -2.17. The third kappa shape index (κ3) is 2.34. The van der Waals surface area contributed by atoms with E-state index in [2.05, 4.69) is 15.3 Å². The zero-order valence-corrected chi connectivity index (χ0v) is 10.8. The number of rotatable bonds is 3. The Bertz CT molecular complexity index is 589. The van der Waals surface area contributed by atoms with Crippen molar-refractivity contribution in [3.63, 3.8) is 0 Å². The average molecular weight is 253 g/mol. The molecule has 0 bridgehead atoms. The highest BCUT2D eigenvalue weighted by atomic mass is 16.1. The molecule has 1 aromatic heterocycles. The highest BCUT2D eigenvalue weighted by molar-refractivity contribution is 5.95. The van der Waals surface area contributed by atoms with Gasteiger partial charge in [0, 0.05) is 23.5 Å². The maximum atomic E-state index is 12.2. The monoisotopic (exact) mass is 253 g/mol. The van der Waals surface area contributed by atoms with Crippen LogP contribution in [0.1, 0.15) is 34.3 Å². The Morgan fingerprint density at radius 1 is 1.16 bits per heavy atom. The second kappa shape index (κ2) is 4.46. The minimum absolute atomic E-state index is 0.0404. The van der Waals surface area contributed by atoms with Crippen molar-refractivity contribution in [3.8, 4) is 0 Å². The molecule has 0 saturated heterocycles. The van der Waals surface area contributed by atoms with Crippen LogP contribution in [0, 0.1) is 6.92 Å². The Morgan fingerprint density at radius 3 is 2.37 bits per heavy atom. The molecule has 1 heterocycles. The first kappa shape index (κ1) is 11.8. The number of nitrogens with zero attached hydrogens (tertiary/aromatic N) is 2. The smallest absolute Gasteiger partial charge is 0.251 e. The van der Waals surface area contributed by atoms with Crippen molar-refractivity contribution in [2.24, 2.45) is 0 Å². The van der Waals surface area contributed by atoms with Gasteiger partial charge in [-0.15, -0.1) is 0 Å². The number of amides is 1. The number of carbonyl (C=O) groups is 1. The van der Waals surface area contributed by atoms with Gasteiger partial charge in [-0.25, -0.2) is 9.97 Å². The minimum Gasteiger partial charge on any atom is -0.342 e. The third-order valence-electron chi connectivity index (χ3n) is 3.53. The van der Waals surface area contributed by atoms with Crippen LogP contribution >= 0.6 is 0 Å². The summed E-state index contributed by atoms with van der Waals surface area (Å²) in [6.07, 6.45) is 6.93. The van der Waals surface area contributed by atoms with Crippen LogP contribution in [0.4, 0.5) is 0 Å². The predicted octanol–water partition coefficient (Wildman–Crippen LogP) is 2.20. The van der Waals surface area contributed by atoms with Crippen molar-refractivity contribution < 1.29 is 4.79 Å². The lowest BCUT2D eigenvalue weighted by atomic mass is 10.1. The Hall–Kier alpha value is -2.23. The maximum absolute atomic E-state index is 12.2. The van der Waals surface area contributed by atoms with Gasteiger partial charge in [-0.2, -0.15) is 0 Å². The van der Waals surface area contributed by atoms with E-state index in [1.54, 1.807) is 12.4 Å². The standard InChI is InChI=1S/C15H15N3O/c1-11-2-4-12(5-3-11)14(19)18-15(6-7-15)13-8-16-10-17-9-13/h2-5,8-10H,6-7H2,1H3,(H,18,19). The molecular weight excluding hydrogens is 238 g/mol. The van der Waals surface area contributed by atoms with E-state index in [9.17, 15) is 4.79 Å². The molecule has 2 aromatic rings. The largest absolute Gasteiger partial charge is 0.342 e. The molecule has 1 saturated carbocycles. The van der Waals surface area contributed by atoms with Crippen molar-refractivity contribution in [2.45, 2.75) is 25.3 Å². The summed E-state index contributed by atoms with van der Waals surface area (Å²) < 4.78 is 0. The first-order chi connectivity index (χ1) is 9.20.